The molecule has 1 N–H and O–H groups in total. The third-order valence-corrected chi connectivity index (χ3v) is 3.02. The second kappa shape index (κ2) is 3.91. The number of rotatable bonds is 1. The van der Waals surface area contributed by atoms with Gasteiger partial charge < -0.3 is 10.1 Å². The summed E-state index contributed by atoms with van der Waals surface area (Å²) in [6.45, 7) is 5.18. The van der Waals surface area contributed by atoms with Gasteiger partial charge in [-0.3, -0.25) is 0 Å². The maximum absolute atomic E-state index is 11.4. The van der Waals surface area contributed by atoms with Gasteiger partial charge >= 0.3 is 5.97 Å². The number of hydrogen-bond donors (Lipinski definition) is 1. The molecule has 0 fully saturated rings. The van der Waals surface area contributed by atoms with E-state index < -0.39 is 0 Å². The van der Waals surface area contributed by atoms with Crippen LogP contribution in [0, 0.1) is 0 Å². The van der Waals surface area contributed by atoms with Crippen molar-refractivity contribution in [1.82, 2.24) is 5.32 Å². The first-order valence-corrected chi connectivity index (χ1v) is 5.47. The fourth-order valence-electron chi connectivity index (χ4n) is 2.08. The van der Waals surface area contributed by atoms with Gasteiger partial charge in [0.1, 0.15) is 0 Å². The summed E-state index contributed by atoms with van der Waals surface area (Å²) in [5, 5.41) is 3.45. The van der Waals surface area contributed by atoms with Crippen LogP contribution in [0.4, 0.5) is 0 Å². The van der Waals surface area contributed by atoms with Gasteiger partial charge in [0.05, 0.1) is 12.7 Å². The summed E-state index contributed by atoms with van der Waals surface area (Å²) in [6.07, 6.45) is 0.990. The number of fused-ring (bicyclic) bond motifs is 1. The Morgan fingerprint density at radius 2 is 2.12 bits per heavy atom. The summed E-state index contributed by atoms with van der Waals surface area (Å²) in [7, 11) is 1.41. The summed E-state index contributed by atoms with van der Waals surface area (Å²) < 4.78 is 4.71. The van der Waals surface area contributed by atoms with Gasteiger partial charge in [0, 0.05) is 12.1 Å². The number of methoxy groups -OCH3 is 1. The highest BCUT2D eigenvalue weighted by Gasteiger charge is 2.24. The summed E-state index contributed by atoms with van der Waals surface area (Å²) in [6, 6.07) is 5.79. The molecule has 16 heavy (non-hydrogen) atoms. The fraction of sp³-hybridized carbons (Fsp3) is 0.462. The number of carbonyl (C=O) groups excluding carboxylic acids is 1. The number of ether oxygens (including phenoxy) is 1. The lowest BCUT2D eigenvalue weighted by Gasteiger charge is -2.33. The molecular formula is C13H17NO2. The lowest BCUT2D eigenvalue weighted by atomic mass is 9.87. The lowest BCUT2D eigenvalue weighted by molar-refractivity contribution is 0.0600. The summed E-state index contributed by atoms with van der Waals surface area (Å²) in [5.41, 5.74) is 3.28. The monoisotopic (exact) mass is 219 g/mol. The molecule has 3 nitrogen and oxygen atoms in total. The van der Waals surface area contributed by atoms with E-state index in [9.17, 15) is 4.79 Å². The Kier molecular flexibility index (Phi) is 2.72. The third kappa shape index (κ3) is 2.09. The average molecular weight is 219 g/mol. The molecule has 1 aromatic rings. The fourth-order valence-corrected chi connectivity index (χ4v) is 2.08. The van der Waals surface area contributed by atoms with Crippen molar-refractivity contribution in [3.05, 3.63) is 34.9 Å². The Balaban J connectivity index is 2.32. The average Bonchev–Trinajstić information content (AvgIpc) is 2.26. The minimum absolute atomic E-state index is 0.139. The minimum atomic E-state index is -0.271. The number of nitrogens with one attached hydrogen (secondary N) is 1. The highest BCUT2D eigenvalue weighted by molar-refractivity contribution is 5.89. The van der Waals surface area contributed by atoms with Gasteiger partial charge in [-0.05, 0) is 43.5 Å². The molecule has 0 unspecified atom stereocenters. The minimum Gasteiger partial charge on any atom is -0.465 e. The van der Waals surface area contributed by atoms with Gasteiger partial charge in [-0.1, -0.05) is 6.07 Å². The first-order chi connectivity index (χ1) is 7.52. The smallest absolute Gasteiger partial charge is 0.337 e. The van der Waals surface area contributed by atoms with Crippen molar-refractivity contribution >= 4 is 5.97 Å². The largest absolute Gasteiger partial charge is 0.465 e. The van der Waals surface area contributed by atoms with E-state index in [4.69, 9.17) is 4.74 Å². The van der Waals surface area contributed by atoms with Crippen LogP contribution in [0.15, 0.2) is 18.2 Å². The zero-order valence-corrected chi connectivity index (χ0v) is 9.96. The lowest BCUT2D eigenvalue weighted by Crippen LogP contribution is -2.44. The van der Waals surface area contributed by atoms with Crippen molar-refractivity contribution in [3.8, 4) is 0 Å². The molecule has 1 aliphatic rings. The third-order valence-electron chi connectivity index (χ3n) is 3.02. The van der Waals surface area contributed by atoms with Crippen LogP contribution in [0.3, 0.4) is 0 Å². The molecule has 1 aromatic carbocycles. The van der Waals surface area contributed by atoms with Crippen molar-refractivity contribution in [2.24, 2.45) is 0 Å². The standard InChI is InChI=1S/C13H17NO2/c1-13(2)7-10-5-4-9(12(15)16-3)6-11(10)8-14-13/h4-6,14H,7-8H2,1-3H3. The maximum atomic E-state index is 11.4. The normalized spacial score (nSPS) is 17.7. The Morgan fingerprint density at radius 1 is 1.38 bits per heavy atom. The van der Waals surface area contributed by atoms with Crippen LogP contribution >= 0.6 is 0 Å². The van der Waals surface area contributed by atoms with E-state index in [1.165, 1.54) is 18.2 Å². The van der Waals surface area contributed by atoms with E-state index in [1.807, 2.05) is 18.2 Å². The van der Waals surface area contributed by atoms with E-state index >= 15 is 0 Å². The second-order valence-corrected chi connectivity index (χ2v) is 4.89. The second-order valence-electron chi connectivity index (χ2n) is 4.89. The van der Waals surface area contributed by atoms with Gasteiger partial charge in [-0.15, -0.1) is 0 Å². The van der Waals surface area contributed by atoms with E-state index in [2.05, 4.69) is 19.2 Å². The molecule has 0 aliphatic carbocycles. The first kappa shape index (κ1) is 11.1. The van der Waals surface area contributed by atoms with Crippen LogP contribution in [-0.2, 0) is 17.7 Å². The van der Waals surface area contributed by atoms with E-state index in [0.717, 1.165) is 13.0 Å². The van der Waals surface area contributed by atoms with Gasteiger partial charge in [-0.25, -0.2) is 4.79 Å². The molecule has 0 spiro atoms. The van der Waals surface area contributed by atoms with E-state index in [1.54, 1.807) is 0 Å². The maximum Gasteiger partial charge on any atom is 0.337 e. The first-order valence-electron chi connectivity index (χ1n) is 5.47. The molecule has 0 bridgehead atoms. The molecule has 1 aliphatic heterocycles. The molecule has 3 heteroatoms. The molecule has 1 heterocycles. The Morgan fingerprint density at radius 3 is 2.81 bits per heavy atom. The van der Waals surface area contributed by atoms with Crippen molar-refractivity contribution in [1.29, 1.82) is 0 Å². The molecule has 0 atom stereocenters. The highest BCUT2D eigenvalue weighted by Crippen LogP contribution is 2.23. The molecular weight excluding hydrogens is 202 g/mol. The topological polar surface area (TPSA) is 38.3 Å². The van der Waals surface area contributed by atoms with Gasteiger partial charge in [0.2, 0.25) is 0 Å². The zero-order valence-electron chi connectivity index (χ0n) is 9.96. The molecule has 0 aromatic heterocycles. The van der Waals surface area contributed by atoms with Crippen LogP contribution in [0.5, 0.6) is 0 Å². The summed E-state index contributed by atoms with van der Waals surface area (Å²) in [5.74, 6) is -0.271. The van der Waals surface area contributed by atoms with Gasteiger partial charge in [-0.2, -0.15) is 0 Å². The number of hydrogen-bond acceptors (Lipinski definition) is 3. The number of benzene rings is 1. The Bertz CT molecular complexity index is 424. The van der Waals surface area contributed by atoms with Crippen LogP contribution in [0.1, 0.15) is 35.3 Å². The molecule has 0 amide bonds. The number of carbonyl (C=O) groups is 1. The van der Waals surface area contributed by atoms with Crippen LogP contribution < -0.4 is 5.32 Å². The SMILES string of the molecule is COC(=O)c1ccc2c(c1)CNC(C)(C)C2. The summed E-state index contributed by atoms with van der Waals surface area (Å²) in [4.78, 5) is 11.4. The Labute approximate surface area is 95.8 Å². The van der Waals surface area contributed by atoms with Crippen LogP contribution in [0.25, 0.3) is 0 Å². The molecule has 86 valence electrons. The predicted octanol–water partition coefficient (Wildman–Crippen LogP) is 1.90. The van der Waals surface area contributed by atoms with Crippen molar-refractivity contribution in [2.75, 3.05) is 7.11 Å². The molecule has 0 radical (unpaired) electrons. The molecule has 0 saturated carbocycles. The number of esters is 1. The molecule has 2 rings (SSSR count). The zero-order chi connectivity index (χ0) is 11.8. The molecule has 0 saturated heterocycles. The van der Waals surface area contributed by atoms with Crippen LogP contribution in [0.2, 0.25) is 0 Å². The van der Waals surface area contributed by atoms with Crippen LogP contribution in [-0.4, -0.2) is 18.6 Å². The van der Waals surface area contributed by atoms with Gasteiger partial charge in [0.15, 0.2) is 0 Å². The van der Waals surface area contributed by atoms with E-state index in [0.29, 0.717) is 5.56 Å². The van der Waals surface area contributed by atoms with Crippen molar-refractivity contribution in [2.45, 2.75) is 32.4 Å². The summed E-state index contributed by atoms with van der Waals surface area (Å²) >= 11 is 0. The quantitative estimate of drug-likeness (QED) is 0.733. The predicted molar refractivity (Wildman–Crippen MR) is 62.4 cm³/mol. The van der Waals surface area contributed by atoms with Gasteiger partial charge in [0.25, 0.3) is 0 Å². The highest BCUT2D eigenvalue weighted by atomic mass is 16.5. The van der Waals surface area contributed by atoms with Crippen molar-refractivity contribution < 1.29 is 9.53 Å². The Hall–Kier alpha value is -1.35. The van der Waals surface area contributed by atoms with E-state index in [-0.39, 0.29) is 11.5 Å². The van der Waals surface area contributed by atoms with Crippen molar-refractivity contribution in [3.63, 3.8) is 0 Å².